The van der Waals surface area contributed by atoms with Gasteiger partial charge in [-0.2, -0.15) is 6.42 Å². The molecule has 0 heterocycles. The fourth-order valence-electron chi connectivity index (χ4n) is 0.862. The first kappa shape index (κ1) is 12.0. The predicted molar refractivity (Wildman–Crippen MR) is 44.2 cm³/mol. The molecule has 1 radical (unpaired) electrons. The van der Waals surface area contributed by atoms with Gasteiger partial charge in [-0.05, 0) is 0 Å². The van der Waals surface area contributed by atoms with E-state index in [-0.39, 0.29) is 38.5 Å². The van der Waals surface area contributed by atoms with Crippen LogP contribution >= 0.6 is 0 Å². The van der Waals surface area contributed by atoms with E-state index in [9.17, 15) is 4.79 Å². The molecule has 12 heavy (non-hydrogen) atoms. The molecule has 0 unspecified atom stereocenters. The largest absolute Gasteiger partial charge is 0.352 e. The first-order chi connectivity index (χ1) is 5.34. The topological polar surface area (TPSA) is 17.1 Å². The van der Waals surface area contributed by atoms with Gasteiger partial charge in [-0.1, -0.05) is 6.42 Å². The maximum Gasteiger partial charge on any atom is 0.0760 e. The molecule has 0 aromatic heterocycles. The molecule has 0 N–H and O–H groups in total. The first-order valence-electron chi connectivity index (χ1n) is 3.64. The van der Waals surface area contributed by atoms with Gasteiger partial charge in [0.2, 0.25) is 0 Å². The number of Topliss-reactive ketones (excluding diaryl/α,β-unsaturated/α-hetero) is 1. The van der Waals surface area contributed by atoms with Gasteiger partial charge >= 0.3 is 0 Å². The van der Waals surface area contributed by atoms with E-state index in [2.05, 4.69) is 13.0 Å². The summed E-state index contributed by atoms with van der Waals surface area (Å²) in [5, 5.41) is 0. The average Bonchev–Trinajstić information content (AvgIpc) is 2.07. The van der Waals surface area contributed by atoms with Crippen LogP contribution in [0.4, 0.5) is 0 Å². The fraction of sp³-hybridized carbons (Fsp3) is 0.200. The van der Waals surface area contributed by atoms with Crippen molar-refractivity contribution in [1.82, 2.24) is 0 Å². The van der Waals surface area contributed by atoms with Gasteiger partial charge in [-0.15, -0.1) is 35.9 Å². The molecule has 0 amide bonds. The zero-order valence-electron chi connectivity index (χ0n) is 6.92. The van der Waals surface area contributed by atoms with Crippen molar-refractivity contribution in [3.63, 3.8) is 0 Å². The molecule has 0 bridgehead atoms. The average molecular weight is 235 g/mol. The van der Waals surface area contributed by atoms with Crippen molar-refractivity contribution in [2.24, 2.45) is 0 Å². The molecule has 0 saturated carbocycles. The van der Waals surface area contributed by atoms with Crippen LogP contribution in [0.3, 0.4) is 0 Å². The molecule has 0 spiro atoms. The van der Waals surface area contributed by atoms with Crippen LogP contribution in [0, 0.1) is 13.0 Å². The van der Waals surface area contributed by atoms with E-state index in [1.165, 1.54) is 0 Å². The fourth-order valence-corrected chi connectivity index (χ4v) is 0.862. The van der Waals surface area contributed by atoms with Crippen molar-refractivity contribution < 1.29 is 37.5 Å². The molecule has 0 fully saturated rings. The van der Waals surface area contributed by atoms with Crippen molar-refractivity contribution >= 4 is 5.78 Å². The number of carbonyl (C=O) groups is 1. The summed E-state index contributed by atoms with van der Waals surface area (Å²) in [5.41, 5.74) is 0.663. The third-order valence-corrected chi connectivity index (χ3v) is 1.41. The van der Waals surface area contributed by atoms with Crippen molar-refractivity contribution in [2.45, 2.75) is 12.8 Å². The van der Waals surface area contributed by atoms with Crippen LogP contribution in [0.25, 0.3) is 0 Å². The SMILES string of the molecule is [CH2-]CCC(=O)c1[c-]cccc1.[Y]. The first-order valence-corrected chi connectivity index (χ1v) is 3.64. The number of ketones is 1. The van der Waals surface area contributed by atoms with Gasteiger partial charge in [0, 0.05) is 32.7 Å². The van der Waals surface area contributed by atoms with E-state index in [0.717, 1.165) is 0 Å². The summed E-state index contributed by atoms with van der Waals surface area (Å²) in [7, 11) is 0. The Bertz CT molecular complexity index is 231. The molecule has 61 valence electrons. The molecule has 2 heteroatoms. The molecule has 1 nitrogen and oxygen atoms in total. The third kappa shape index (κ3) is 3.60. The second kappa shape index (κ2) is 6.50. The van der Waals surface area contributed by atoms with Crippen LogP contribution in [0.1, 0.15) is 23.2 Å². The molecule has 0 saturated heterocycles. The molecule has 0 aliphatic heterocycles. The maximum absolute atomic E-state index is 11.2. The van der Waals surface area contributed by atoms with E-state index >= 15 is 0 Å². The predicted octanol–water partition coefficient (Wildman–Crippen LogP) is 2.28. The second-order valence-corrected chi connectivity index (χ2v) is 2.30. The Kier molecular flexibility index (Phi) is 6.50. The van der Waals surface area contributed by atoms with Gasteiger partial charge in [0.15, 0.2) is 0 Å². The summed E-state index contributed by atoms with van der Waals surface area (Å²) in [6.07, 6.45) is 1.17. The number of carbonyl (C=O) groups excluding carboxylic acids is 1. The minimum absolute atomic E-state index is 0. The zero-order chi connectivity index (χ0) is 8.10. The van der Waals surface area contributed by atoms with Crippen LogP contribution in [0.15, 0.2) is 24.3 Å². The van der Waals surface area contributed by atoms with Crippen LogP contribution in [0.2, 0.25) is 0 Å². The summed E-state index contributed by atoms with van der Waals surface area (Å²) in [6, 6.07) is 10.1. The summed E-state index contributed by atoms with van der Waals surface area (Å²) in [6.45, 7) is 3.62. The van der Waals surface area contributed by atoms with E-state index in [4.69, 9.17) is 0 Å². The van der Waals surface area contributed by atoms with E-state index in [1.807, 2.05) is 12.1 Å². The molecular formula is C10H10OY-2. The minimum atomic E-state index is 0. The van der Waals surface area contributed by atoms with Crippen LogP contribution in [-0.4, -0.2) is 5.78 Å². The third-order valence-electron chi connectivity index (χ3n) is 1.41. The summed E-state index contributed by atoms with van der Waals surface area (Å²) in [4.78, 5) is 11.2. The smallest absolute Gasteiger partial charge is 0.0760 e. The molecule has 0 aliphatic carbocycles. The maximum atomic E-state index is 11.2. The van der Waals surface area contributed by atoms with Crippen molar-refractivity contribution in [2.75, 3.05) is 0 Å². The Morgan fingerprint density at radius 1 is 1.50 bits per heavy atom. The molecule has 1 rings (SSSR count). The van der Waals surface area contributed by atoms with E-state index in [1.54, 1.807) is 12.1 Å². The standard InChI is InChI=1S/C10H10O.Y/c1-2-6-10(11)9-7-4-3-5-8-9;/h3-5,7H,1-2,6H2;/q-2;. The van der Waals surface area contributed by atoms with Gasteiger partial charge in [0.1, 0.15) is 0 Å². The molecular weight excluding hydrogens is 225 g/mol. The van der Waals surface area contributed by atoms with Crippen molar-refractivity contribution in [3.8, 4) is 0 Å². The van der Waals surface area contributed by atoms with E-state index in [0.29, 0.717) is 18.4 Å². The number of rotatable bonds is 3. The van der Waals surface area contributed by atoms with Gasteiger partial charge in [-0.3, -0.25) is 0 Å². The van der Waals surface area contributed by atoms with Crippen LogP contribution < -0.4 is 0 Å². The Hall–Kier alpha value is -0.00610. The van der Waals surface area contributed by atoms with Crippen LogP contribution in [-0.2, 0) is 32.7 Å². The van der Waals surface area contributed by atoms with Crippen molar-refractivity contribution in [3.05, 3.63) is 42.8 Å². The molecule has 0 atom stereocenters. The summed E-state index contributed by atoms with van der Waals surface area (Å²) in [5.74, 6) is 0.126. The molecule has 0 aliphatic rings. The Labute approximate surface area is 98.4 Å². The Morgan fingerprint density at radius 3 is 2.75 bits per heavy atom. The summed E-state index contributed by atoms with van der Waals surface area (Å²) >= 11 is 0. The van der Waals surface area contributed by atoms with Gasteiger partial charge in [0.05, 0.1) is 5.78 Å². The minimum Gasteiger partial charge on any atom is -0.352 e. The number of hydrogen-bond donors (Lipinski definition) is 0. The monoisotopic (exact) mass is 235 g/mol. The van der Waals surface area contributed by atoms with Crippen LogP contribution in [0.5, 0.6) is 0 Å². The van der Waals surface area contributed by atoms with Gasteiger partial charge in [0.25, 0.3) is 0 Å². The normalized spacial score (nSPS) is 8.75. The second-order valence-electron chi connectivity index (χ2n) is 2.30. The molecule has 1 aromatic carbocycles. The Balaban J connectivity index is 0.00000121. The number of benzene rings is 1. The summed E-state index contributed by atoms with van der Waals surface area (Å²) < 4.78 is 0. The number of hydrogen-bond acceptors (Lipinski definition) is 1. The zero-order valence-corrected chi connectivity index (χ0v) is 9.75. The van der Waals surface area contributed by atoms with E-state index < -0.39 is 0 Å². The molecule has 1 aromatic rings. The van der Waals surface area contributed by atoms with Crippen molar-refractivity contribution in [1.29, 1.82) is 0 Å². The van der Waals surface area contributed by atoms with Gasteiger partial charge < -0.3 is 11.7 Å². The van der Waals surface area contributed by atoms with Gasteiger partial charge in [-0.25, -0.2) is 0 Å². The quantitative estimate of drug-likeness (QED) is 0.580. The Morgan fingerprint density at radius 2 is 2.25 bits per heavy atom.